The summed E-state index contributed by atoms with van der Waals surface area (Å²) in [6.45, 7) is 5.09. The number of halogens is 1. The van der Waals surface area contributed by atoms with Crippen LogP contribution in [0.4, 0.5) is 0 Å². The maximum absolute atomic E-state index is 11.0. The third-order valence-corrected chi connectivity index (χ3v) is 6.26. The molecule has 0 bridgehead atoms. The lowest BCUT2D eigenvalue weighted by atomic mass is 9.97. The van der Waals surface area contributed by atoms with E-state index in [4.69, 9.17) is 9.47 Å². The predicted octanol–water partition coefficient (Wildman–Crippen LogP) is 3.39. The molecule has 0 aromatic heterocycles. The van der Waals surface area contributed by atoms with Gasteiger partial charge in [0.1, 0.15) is 15.9 Å². The van der Waals surface area contributed by atoms with Crippen molar-refractivity contribution in [2.45, 2.75) is 37.5 Å². The van der Waals surface area contributed by atoms with E-state index in [1.54, 1.807) is 21.1 Å². The van der Waals surface area contributed by atoms with Crippen molar-refractivity contribution in [2.24, 2.45) is 0 Å². The molecule has 1 unspecified atom stereocenters. The first-order valence-electron chi connectivity index (χ1n) is 9.74. The fourth-order valence-corrected chi connectivity index (χ4v) is 4.91. The number of benzene rings is 1. The molecule has 2 aliphatic heterocycles. The Kier molecular flexibility index (Phi) is 8.53. The first-order valence-corrected chi connectivity index (χ1v) is 10.6. The summed E-state index contributed by atoms with van der Waals surface area (Å²) in [6.07, 6.45) is 4.44. The number of rotatable bonds is 6. The number of nitriles is 1. The zero-order chi connectivity index (χ0) is 20.1. The lowest BCUT2D eigenvalue weighted by Gasteiger charge is -2.34. The van der Waals surface area contributed by atoms with Gasteiger partial charge in [-0.05, 0) is 57.0 Å². The fraction of sp³-hybridized carbons (Fsp3) is 0.571. The highest BCUT2D eigenvalue weighted by Gasteiger charge is 2.30. The first-order chi connectivity index (χ1) is 13.5. The normalized spacial score (nSPS) is 20.2. The van der Waals surface area contributed by atoms with Gasteiger partial charge in [0.05, 0.1) is 19.9 Å². The van der Waals surface area contributed by atoms with Crippen LogP contribution in [0.25, 0.3) is 5.70 Å². The summed E-state index contributed by atoms with van der Waals surface area (Å²) in [6, 6.07) is 6.18. The van der Waals surface area contributed by atoms with Gasteiger partial charge < -0.3 is 19.9 Å². The summed E-state index contributed by atoms with van der Waals surface area (Å²) in [5, 5.41) is 24.2. The molecule has 160 valence electrons. The van der Waals surface area contributed by atoms with Crippen LogP contribution in [0.5, 0.6) is 11.5 Å². The summed E-state index contributed by atoms with van der Waals surface area (Å²) in [5.74, 6) is 1.32. The minimum absolute atomic E-state index is 0. The molecule has 0 aliphatic carbocycles. The maximum atomic E-state index is 11.0. The molecular formula is C21H30ClN3O3S. The van der Waals surface area contributed by atoms with Crippen molar-refractivity contribution in [2.75, 3.05) is 40.4 Å². The summed E-state index contributed by atoms with van der Waals surface area (Å²) >= 11 is 1.23. The number of thioether (sulfide) groups is 1. The van der Waals surface area contributed by atoms with E-state index in [1.807, 2.05) is 12.1 Å². The first kappa shape index (κ1) is 23.7. The van der Waals surface area contributed by atoms with Crippen LogP contribution >= 0.6 is 24.2 Å². The zero-order valence-electron chi connectivity index (χ0n) is 17.3. The Balaban J connectivity index is 0.00000300. The van der Waals surface area contributed by atoms with E-state index < -0.39 is 4.93 Å². The van der Waals surface area contributed by atoms with Gasteiger partial charge in [-0.2, -0.15) is 5.26 Å². The van der Waals surface area contributed by atoms with Crippen molar-refractivity contribution in [3.05, 3.63) is 28.2 Å². The van der Waals surface area contributed by atoms with Crippen molar-refractivity contribution >= 4 is 29.9 Å². The summed E-state index contributed by atoms with van der Waals surface area (Å²) in [5.41, 5.74) is 2.80. The Morgan fingerprint density at radius 3 is 2.52 bits per heavy atom. The number of aliphatic hydroxyl groups is 1. The zero-order valence-corrected chi connectivity index (χ0v) is 18.9. The minimum atomic E-state index is -1.04. The Morgan fingerprint density at radius 1 is 1.24 bits per heavy atom. The van der Waals surface area contributed by atoms with Crippen LogP contribution in [-0.4, -0.2) is 55.3 Å². The van der Waals surface area contributed by atoms with E-state index in [-0.39, 0.29) is 12.4 Å². The van der Waals surface area contributed by atoms with Gasteiger partial charge in [0.25, 0.3) is 0 Å². The third kappa shape index (κ3) is 5.73. The highest BCUT2D eigenvalue weighted by atomic mass is 35.5. The second kappa shape index (κ2) is 10.4. The van der Waals surface area contributed by atoms with Gasteiger partial charge in [0, 0.05) is 18.7 Å². The van der Waals surface area contributed by atoms with Crippen molar-refractivity contribution in [1.29, 1.82) is 5.26 Å². The van der Waals surface area contributed by atoms with E-state index in [0.717, 1.165) is 42.9 Å². The number of fused-ring (bicyclic) bond motifs is 1. The number of nitrogens with zero attached hydrogens (tertiary/aromatic N) is 2. The van der Waals surface area contributed by atoms with Gasteiger partial charge in [0.15, 0.2) is 11.5 Å². The Hall–Kier alpha value is -1.59. The minimum Gasteiger partial charge on any atom is -0.493 e. The number of β-amino-alcohol motifs (C(OH)–C–C–N with tert-alkyl or cyclic N) is 1. The van der Waals surface area contributed by atoms with Gasteiger partial charge in [-0.25, -0.2) is 0 Å². The number of nitrogens with one attached hydrogen (secondary N) is 1. The van der Waals surface area contributed by atoms with Gasteiger partial charge in [-0.15, -0.1) is 12.4 Å². The molecule has 1 atom stereocenters. The van der Waals surface area contributed by atoms with Crippen LogP contribution < -0.4 is 14.8 Å². The number of likely N-dealkylation sites (tertiary alicyclic amines) is 1. The quantitative estimate of drug-likeness (QED) is 0.519. The molecular weight excluding hydrogens is 410 g/mol. The summed E-state index contributed by atoms with van der Waals surface area (Å²) in [7, 11) is 3.23. The summed E-state index contributed by atoms with van der Waals surface area (Å²) in [4.78, 5) is 1.74. The van der Waals surface area contributed by atoms with E-state index in [2.05, 4.69) is 16.3 Å². The van der Waals surface area contributed by atoms with Crippen molar-refractivity contribution < 1.29 is 14.6 Å². The van der Waals surface area contributed by atoms with Crippen LogP contribution in [0.15, 0.2) is 17.0 Å². The fourth-order valence-electron chi connectivity index (χ4n) is 3.89. The second-order valence-corrected chi connectivity index (χ2v) is 8.96. The van der Waals surface area contributed by atoms with Crippen LogP contribution in [0.1, 0.15) is 37.3 Å². The van der Waals surface area contributed by atoms with E-state index in [0.29, 0.717) is 22.9 Å². The summed E-state index contributed by atoms with van der Waals surface area (Å²) < 4.78 is 10.9. The monoisotopic (exact) mass is 439 g/mol. The van der Waals surface area contributed by atoms with Crippen molar-refractivity contribution in [1.82, 2.24) is 10.2 Å². The Morgan fingerprint density at radius 2 is 1.90 bits per heavy atom. The molecule has 0 spiro atoms. The molecule has 0 amide bonds. The number of allylic oxidation sites excluding steroid dienone is 1. The van der Waals surface area contributed by atoms with Crippen LogP contribution in [0.3, 0.4) is 0 Å². The molecule has 29 heavy (non-hydrogen) atoms. The van der Waals surface area contributed by atoms with E-state index >= 15 is 0 Å². The molecule has 1 fully saturated rings. The molecule has 8 heteroatoms. The average Bonchev–Trinajstić information content (AvgIpc) is 2.71. The molecule has 1 saturated heterocycles. The van der Waals surface area contributed by atoms with Crippen molar-refractivity contribution in [3.63, 3.8) is 0 Å². The average molecular weight is 440 g/mol. The van der Waals surface area contributed by atoms with Gasteiger partial charge >= 0.3 is 0 Å². The van der Waals surface area contributed by atoms with Crippen LogP contribution in [0, 0.1) is 11.3 Å². The Labute approximate surface area is 183 Å². The smallest absolute Gasteiger partial charge is 0.161 e. The molecule has 1 aromatic rings. The lowest BCUT2D eigenvalue weighted by molar-refractivity contribution is 0.0885. The number of hydrogen-bond donors (Lipinski definition) is 2. The Bertz CT molecular complexity index is 786. The van der Waals surface area contributed by atoms with Crippen molar-refractivity contribution in [3.8, 4) is 17.6 Å². The van der Waals surface area contributed by atoms with Crippen LogP contribution in [0.2, 0.25) is 0 Å². The maximum Gasteiger partial charge on any atom is 0.161 e. The number of ether oxygens (including phenoxy) is 2. The predicted molar refractivity (Wildman–Crippen MR) is 120 cm³/mol. The highest BCUT2D eigenvalue weighted by molar-refractivity contribution is 8.04. The molecule has 0 radical (unpaired) electrons. The molecule has 2 heterocycles. The van der Waals surface area contributed by atoms with Gasteiger partial charge in [0.2, 0.25) is 0 Å². The molecule has 3 rings (SSSR count). The highest BCUT2D eigenvalue weighted by Crippen LogP contribution is 2.40. The SMILES string of the molecule is COc1cc2c(cc1OC)C(=C(C#N)SC(C)(O)CN1CCCCC1)NCC2.Cl. The number of hydrogen-bond acceptors (Lipinski definition) is 7. The topological polar surface area (TPSA) is 77.8 Å². The van der Waals surface area contributed by atoms with E-state index in [1.165, 1.54) is 31.0 Å². The molecule has 6 nitrogen and oxygen atoms in total. The third-order valence-electron chi connectivity index (χ3n) is 5.19. The second-order valence-electron chi connectivity index (χ2n) is 7.47. The van der Waals surface area contributed by atoms with E-state index in [9.17, 15) is 10.4 Å². The largest absolute Gasteiger partial charge is 0.493 e. The molecule has 1 aromatic carbocycles. The molecule has 2 aliphatic rings. The standard InChI is InChI=1S/C21H29N3O3S.ClH/c1-21(25,14-24-9-5-4-6-10-24)28-19(13-22)20-16-12-18(27-3)17(26-2)11-15(16)7-8-23-20;/h11-12,23,25H,4-10,14H2,1-3H3;1H. The molecule has 2 N–H and O–H groups in total. The van der Waals surface area contributed by atoms with Gasteiger partial charge in [-0.3, -0.25) is 4.90 Å². The number of piperidine rings is 1. The number of methoxy groups -OCH3 is 2. The van der Waals surface area contributed by atoms with Gasteiger partial charge in [-0.1, -0.05) is 18.2 Å². The lowest BCUT2D eigenvalue weighted by Crippen LogP contribution is -2.41. The van der Waals surface area contributed by atoms with Crippen LogP contribution in [-0.2, 0) is 6.42 Å². The molecule has 0 saturated carbocycles.